The monoisotopic (exact) mass is 447 g/mol. The molecule has 166 valence electrons. The predicted molar refractivity (Wildman–Crippen MR) is 132 cm³/mol. The molecule has 5 aromatic rings. The summed E-state index contributed by atoms with van der Waals surface area (Å²) in [6.45, 7) is 2.70. The van der Waals surface area contributed by atoms with E-state index < -0.39 is 0 Å². The summed E-state index contributed by atoms with van der Waals surface area (Å²) in [6.07, 6.45) is 1.70. The zero-order chi connectivity index (χ0) is 23.4. The summed E-state index contributed by atoms with van der Waals surface area (Å²) in [4.78, 5) is 26.3. The van der Waals surface area contributed by atoms with Crippen LogP contribution in [-0.2, 0) is 6.54 Å². The molecule has 0 saturated carbocycles. The van der Waals surface area contributed by atoms with Crippen molar-refractivity contribution in [2.45, 2.75) is 13.5 Å². The Hall–Kier alpha value is -4.38. The van der Waals surface area contributed by atoms with Gasteiger partial charge >= 0.3 is 0 Å². The second-order valence-electron chi connectivity index (χ2n) is 8.36. The van der Waals surface area contributed by atoms with Crippen LogP contribution < -0.4 is 4.74 Å². The Morgan fingerprint density at radius 1 is 0.882 bits per heavy atom. The Morgan fingerprint density at radius 2 is 1.53 bits per heavy atom. The fraction of sp³-hybridized carbons (Fsp3) is 0.103. The maximum Gasteiger partial charge on any atom is 0.197 e. The largest absolute Gasteiger partial charge is 0.497 e. The van der Waals surface area contributed by atoms with Crippen LogP contribution >= 0.6 is 0 Å². The maximum absolute atomic E-state index is 13.2. The number of furan rings is 1. The number of methoxy groups -OCH3 is 1. The van der Waals surface area contributed by atoms with Gasteiger partial charge in [-0.15, -0.1) is 0 Å². The van der Waals surface area contributed by atoms with Crippen LogP contribution in [0.4, 0.5) is 0 Å². The number of hydrogen-bond acceptors (Lipinski definition) is 4. The lowest BCUT2D eigenvalue weighted by Crippen LogP contribution is -2.03. The van der Waals surface area contributed by atoms with E-state index >= 15 is 0 Å². The number of hydrogen-bond donors (Lipinski definition) is 0. The number of carbonyl (C=O) groups excluding carboxylic acids is 2. The SMILES string of the molecule is CCn1c(C=C2C(=O)c3cc4ccccc4cc3C2=O)cc2oc(-c3ccc(OC)cc3)cc21. The van der Waals surface area contributed by atoms with Crippen molar-refractivity contribution >= 4 is 39.5 Å². The van der Waals surface area contributed by atoms with E-state index in [1.54, 1.807) is 13.2 Å². The average Bonchev–Trinajstić information content (AvgIpc) is 3.49. The molecule has 0 fully saturated rings. The van der Waals surface area contributed by atoms with E-state index in [2.05, 4.69) is 4.57 Å². The van der Waals surface area contributed by atoms with Gasteiger partial charge in [0.15, 0.2) is 17.1 Å². The molecule has 2 heterocycles. The molecule has 0 radical (unpaired) electrons. The first kappa shape index (κ1) is 20.2. The molecule has 3 aromatic carbocycles. The van der Waals surface area contributed by atoms with Crippen molar-refractivity contribution in [1.29, 1.82) is 0 Å². The number of Topliss-reactive ketones (excluding diaryl/α,β-unsaturated/α-hetero) is 2. The van der Waals surface area contributed by atoms with Gasteiger partial charge in [-0.2, -0.15) is 0 Å². The van der Waals surface area contributed by atoms with Gasteiger partial charge in [0.25, 0.3) is 0 Å². The molecule has 5 heteroatoms. The standard InChI is InChI=1S/C29H21NO4/c1-3-30-20(15-27-25(30)16-26(34-27)17-8-10-21(33-2)11-9-17)14-24-28(31)22-12-18-6-4-5-7-19(18)13-23(22)29(24)32/h4-16H,3H2,1-2H3. The molecule has 0 bridgehead atoms. The first-order chi connectivity index (χ1) is 16.6. The number of fused-ring (bicyclic) bond motifs is 3. The molecular formula is C29H21NO4. The molecule has 0 aliphatic heterocycles. The average molecular weight is 447 g/mol. The van der Waals surface area contributed by atoms with E-state index in [9.17, 15) is 9.59 Å². The molecule has 1 aliphatic rings. The van der Waals surface area contributed by atoms with E-state index in [-0.39, 0.29) is 17.1 Å². The minimum absolute atomic E-state index is 0.190. The van der Waals surface area contributed by atoms with Crippen LogP contribution in [0.25, 0.3) is 39.3 Å². The summed E-state index contributed by atoms with van der Waals surface area (Å²) in [7, 11) is 1.64. The molecule has 1 aliphatic carbocycles. The number of rotatable bonds is 4. The Balaban J connectivity index is 1.41. The van der Waals surface area contributed by atoms with Crippen molar-refractivity contribution in [3.05, 3.63) is 95.2 Å². The second kappa shape index (κ2) is 7.59. The van der Waals surface area contributed by atoms with Crippen LogP contribution in [0.5, 0.6) is 5.75 Å². The lowest BCUT2D eigenvalue weighted by molar-refractivity contribution is 0.0990. The summed E-state index contributed by atoms with van der Waals surface area (Å²) in [6, 6.07) is 23.0. The first-order valence-electron chi connectivity index (χ1n) is 11.2. The lowest BCUT2D eigenvalue weighted by Gasteiger charge is -2.04. The number of ketones is 2. The van der Waals surface area contributed by atoms with Gasteiger partial charge in [0.1, 0.15) is 11.5 Å². The van der Waals surface area contributed by atoms with Crippen LogP contribution in [-0.4, -0.2) is 23.2 Å². The summed E-state index contributed by atoms with van der Waals surface area (Å²) in [5, 5.41) is 1.90. The molecule has 0 atom stereocenters. The number of nitrogens with zero attached hydrogens (tertiary/aromatic N) is 1. The third-order valence-corrected chi connectivity index (χ3v) is 6.47. The number of aromatic nitrogens is 1. The van der Waals surface area contributed by atoms with E-state index in [0.717, 1.165) is 39.1 Å². The van der Waals surface area contributed by atoms with Crippen LogP contribution in [0, 0.1) is 0 Å². The summed E-state index contributed by atoms with van der Waals surface area (Å²) < 4.78 is 13.4. The van der Waals surface area contributed by atoms with Crippen molar-refractivity contribution in [2.75, 3.05) is 7.11 Å². The Kier molecular flexibility index (Phi) is 4.52. The van der Waals surface area contributed by atoms with Crippen molar-refractivity contribution < 1.29 is 18.7 Å². The van der Waals surface area contributed by atoms with Crippen molar-refractivity contribution in [1.82, 2.24) is 4.57 Å². The van der Waals surface area contributed by atoms with Crippen LogP contribution in [0.15, 0.2) is 82.8 Å². The highest BCUT2D eigenvalue weighted by Gasteiger charge is 2.33. The molecule has 0 N–H and O–H groups in total. The number of aryl methyl sites for hydroxylation is 1. The third-order valence-electron chi connectivity index (χ3n) is 6.47. The van der Waals surface area contributed by atoms with Gasteiger partial charge in [-0.25, -0.2) is 0 Å². The number of ether oxygens (including phenoxy) is 1. The highest BCUT2D eigenvalue weighted by atomic mass is 16.5. The van der Waals surface area contributed by atoms with Crippen molar-refractivity contribution in [3.63, 3.8) is 0 Å². The molecule has 2 aromatic heterocycles. The number of benzene rings is 3. The molecule has 0 unspecified atom stereocenters. The minimum Gasteiger partial charge on any atom is -0.497 e. The van der Waals surface area contributed by atoms with Crippen LogP contribution in [0.3, 0.4) is 0 Å². The zero-order valence-corrected chi connectivity index (χ0v) is 18.8. The number of allylic oxidation sites excluding steroid dienone is 1. The first-order valence-corrected chi connectivity index (χ1v) is 11.2. The highest BCUT2D eigenvalue weighted by molar-refractivity contribution is 6.42. The van der Waals surface area contributed by atoms with Crippen LogP contribution in [0.2, 0.25) is 0 Å². The highest BCUT2D eigenvalue weighted by Crippen LogP contribution is 2.35. The maximum atomic E-state index is 13.2. The fourth-order valence-electron chi connectivity index (χ4n) is 4.72. The predicted octanol–water partition coefficient (Wildman–Crippen LogP) is 6.55. The Morgan fingerprint density at radius 3 is 2.12 bits per heavy atom. The van der Waals surface area contributed by atoms with E-state index in [1.165, 1.54) is 0 Å². The molecule has 0 saturated heterocycles. The quantitative estimate of drug-likeness (QED) is 0.232. The third kappa shape index (κ3) is 3.01. The van der Waals surface area contributed by atoms with Gasteiger partial charge < -0.3 is 13.7 Å². The van der Waals surface area contributed by atoms with E-state index in [0.29, 0.717) is 23.3 Å². The Bertz CT molecular complexity index is 1590. The fourth-order valence-corrected chi connectivity index (χ4v) is 4.72. The molecule has 34 heavy (non-hydrogen) atoms. The summed E-state index contributed by atoms with van der Waals surface area (Å²) >= 11 is 0. The van der Waals surface area contributed by atoms with Gasteiger partial charge in [0.05, 0.1) is 18.2 Å². The topological polar surface area (TPSA) is 61.4 Å². The van der Waals surface area contributed by atoms with Crippen molar-refractivity contribution in [2.24, 2.45) is 0 Å². The van der Waals surface area contributed by atoms with Gasteiger partial charge in [-0.05, 0) is 60.2 Å². The smallest absolute Gasteiger partial charge is 0.197 e. The normalized spacial score (nSPS) is 13.2. The molecule has 0 amide bonds. The van der Waals surface area contributed by atoms with Gasteiger partial charge in [0.2, 0.25) is 0 Å². The van der Waals surface area contributed by atoms with Gasteiger partial charge in [-0.1, -0.05) is 24.3 Å². The van der Waals surface area contributed by atoms with Gasteiger partial charge in [0, 0.05) is 41.1 Å². The zero-order valence-electron chi connectivity index (χ0n) is 18.8. The van der Waals surface area contributed by atoms with Crippen molar-refractivity contribution in [3.8, 4) is 17.1 Å². The minimum atomic E-state index is -0.231. The van der Waals surface area contributed by atoms with E-state index in [1.807, 2.05) is 79.7 Å². The molecule has 0 spiro atoms. The number of carbonyl (C=O) groups is 2. The van der Waals surface area contributed by atoms with Gasteiger partial charge in [-0.3, -0.25) is 9.59 Å². The summed E-state index contributed by atoms with van der Waals surface area (Å²) in [5.41, 5.74) is 4.47. The van der Waals surface area contributed by atoms with Crippen LogP contribution in [0.1, 0.15) is 33.3 Å². The second-order valence-corrected chi connectivity index (χ2v) is 8.36. The molecule has 6 rings (SSSR count). The van der Waals surface area contributed by atoms with E-state index in [4.69, 9.17) is 9.15 Å². The molecule has 5 nitrogen and oxygen atoms in total. The molecular weight excluding hydrogens is 426 g/mol. The summed E-state index contributed by atoms with van der Waals surface area (Å²) in [5.74, 6) is 1.07. The lowest BCUT2D eigenvalue weighted by atomic mass is 10.0. The Labute approximate surface area is 195 Å².